The van der Waals surface area contributed by atoms with Gasteiger partial charge in [0.05, 0.1) is 25.4 Å². The van der Waals surface area contributed by atoms with E-state index in [-0.39, 0.29) is 18.9 Å². The minimum absolute atomic E-state index is 0.258. The Hall–Kier alpha value is -0.850. The average Bonchev–Trinajstić information content (AvgIpc) is 3.10. The van der Waals surface area contributed by atoms with Gasteiger partial charge in [-0.2, -0.15) is 0 Å². The van der Waals surface area contributed by atoms with Crippen molar-refractivity contribution in [3.05, 3.63) is 0 Å². The zero-order valence-electron chi connectivity index (χ0n) is 31.3. The first-order valence-corrected chi connectivity index (χ1v) is 20.3. The second kappa shape index (κ2) is 30.7. The number of amides is 1. The Bertz CT molecular complexity index is 758. The third-order valence-electron chi connectivity index (χ3n) is 10.1. The molecule has 0 aromatic rings. The molecule has 1 rings (SSSR count). The lowest BCUT2D eigenvalue weighted by Gasteiger charge is -2.40. The number of aliphatic hydroxyl groups is 6. The summed E-state index contributed by atoms with van der Waals surface area (Å²) in [7, 11) is 0. The van der Waals surface area contributed by atoms with Crippen molar-refractivity contribution >= 4 is 5.91 Å². The standard InChI is InChI=1S/C39H77NO9/c1-3-5-7-9-11-13-14-15-16-17-18-19-20-22-24-26-28-34(43)40-31(30-48-39-38(47)37(46)36(45)33(29-41)49-39)35(44)32(42)27-25-23-21-12-10-8-6-4-2/h31-33,35-39,41-42,44-47H,3-30H2,1-2H3,(H,40,43)/t31-,32+,33+,35-,36-,37?,38?,39+/m0/s1. The maximum Gasteiger partial charge on any atom is 0.220 e. The monoisotopic (exact) mass is 704 g/mol. The minimum Gasteiger partial charge on any atom is -0.394 e. The van der Waals surface area contributed by atoms with E-state index < -0.39 is 55.6 Å². The molecule has 2 unspecified atom stereocenters. The molecule has 0 spiro atoms. The van der Waals surface area contributed by atoms with Crippen molar-refractivity contribution < 1.29 is 44.9 Å². The van der Waals surface area contributed by atoms with E-state index in [1.165, 1.54) is 103 Å². The van der Waals surface area contributed by atoms with Crippen LogP contribution < -0.4 is 5.32 Å². The summed E-state index contributed by atoms with van der Waals surface area (Å²) in [6.45, 7) is 3.56. The number of nitrogens with one attached hydrogen (secondary N) is 1. The lowest BCUT2D eigenvalue weighted by Crippen LogP contribution is -2.60. The summed E-state index contributed by atoms with van der Waals surface area (Å²) in [5.74, 6) is -0.258. The molecule has 0 aliphatic carbocycles. The summed E-state index contributed by atoms with van der Waals surface area (Å²) in [5, 5.41) is 64.7. The van der Waals surface area contributed by atoms with Crippen LogP contribution in [0.2, 0.25) is 0 Å². The summed E-state index contributed by atoms with van der Waals surface area (Å²) >= 11 is 0. The van der Waals surface area contributed by atoms with Crippen LogP contribution in [0.5, 0.6) is 0 Å². The Labute approximate surface area is 298 Å². The van der Waals surface area contributed by atoms with Gasteiger partial charge in [-0.1, -0.05) is 162 Å². The molecule has 1 aliphatic heterocycles. The van der Waals surface area contributed by atoms with Gasteiger partial charge in [0, 0.05) is 6.42 Å². The van der Waals surface area contributed by atoms with Crippen molar-refractivity contribution in [3.63, 3.8) is 0 Å². The van der Waals surface area contributed by atoms with Gasteiger partial charge in [0.2, 0.25) is 5.91 Å². The fourth-order valence-corrected chi connectivity index (χ4v) is 6.67. The quantitative estimate of drug-likeness (QED) is 0.0394. The zero-order chi connectivity index (χ0) is 36.1. The third-order valence-corrected chi connectivity index (χ3v) is 10.1. The molecule has 8 atom stereocenters. The number of rotatable bonds is 33. The van der Waals surface area contributed by atoms with Crippen LogP contribution >= 0.6 is 0 Å². The van der Waals surface area contributed by atoms with Crippen LogP contribution in [0.3, 0.4) is 0 Å². The van der Waals surface area contributed by atoms with Gasteiger partial charge in [0.15, 0.2) is 6.29 Å². The molecule has 1 fully saturated rings. The lowest BCUT2D eigenvalue weighted by molar-refractivity contribution is -0.303. The van der Waals surface area contributed by atoms with Gasteiger partial charge >= 0.3 is 0 Å². The Balaban J connectivity index is 2.41. The molecule has 1 saturated heterocycles. The van der Waals surface area contributed by atoms with E-state index in [2.05, 4.69) is 19.2 Å². The smallest absolute Gasteiger partial charge is 0.220 e. The number of hydrogen-bond acceptors (Lipinski definition) is 9. The third kappa shape index (κ3) is 22.0. The van der Waals surface area contributed by atoms with Gasteiger partial charge in [-0.25, -0.2) is 0 Å². The average molecular weight is 704 g/mol. The number of aliphatic hydroxyl groups excluding tert-OH is 6. The Morgan fingerprint density at radius 2 is 1.06 bits per heavy atom. The Kier molecular flexibility index (Phi) is 29.0. The summed E-state index contributed by atoms with van der Waals surface area (Å²) in [6.07, 6.45) is 19.8. The van der Waals surface area contributed by atoms with Gasteiger partial charge in [0.25, 0.3) is 0 Å². The largest absolute Gasteiger partial charge is 0.394 e. The topological polar surface area (TPSA) is 169 Å². The van der Waals surface area contributed by atoms with Crippen LogP contribution in [0.25, 0.3) is 0 Å². The van der Waals surface area contributed by atoms with Crippen LogP contribution in [0.1, 0.15) is 181 Å². The van der Waals surface area contributed by atoms with Gasteiger partial charge in [-0.15, -0.1) is 0 Å². The number of carbonyl (C=O) groups excluding carboxylic acids is 1. The van der Waals surface area contributed by atoms with E-state index in [1.807, 2.05) is 0 Å². The Morgan fingerprint density at radius 3 is 1.51 bits per heavy atom. The summed E-state index contributed by atoms with van der Waals surface area (Å²) in [5.41, 5.74) is 0. The van der Waals surface area contributed by atoms with Gasteiger partial charge in [-0.3, -0.25) is 4.79 Å². The van der Waals surface area contributed by atoms with Crippen molar-refractivity contribution in [3.8, 4) is 0 Å². The highest BCUT2D eigenvalue weighted by Crippen LogP contribution is 2.23. The predicted octanol–water partition coefficient (Wildman–Crippen LogP) is 6.19. The van der Waals surface area contributed by atoms with Crippen molar-refractivity contribution in [1.29, 1.82) is 0 Å². The Morgan fingerprint density at radius 1 is 0.633 bits per heavy atom. The highest BCUT2D eigenvalue weighted by atomic mass is 16.7. The van der Waals surface area contributed by atoms with Crippen molar-refractivity contribution in [2.45, 2.75) is 230 Å². The van der Waals surface area contributed by atoms with Gasteiger partial charge in [-0.05, 0) is 12.8 Å². The number of carbonyl (C=O) groups is 1. The zero-order valence-corrected chi connectivity index (χ0v) is 31.3. The summed E-state index contributed by atoms with van der Waals surface area (Å²) in [6, 6.07) is -0.982. The van der Waals surface area contributed by atoms with Gasteiger partial charge in [0.1, 0.15) is 30.5 Å². The summed E-state index contributed by atoms with van der Waals surface area (Å²) < 4.78 is 11.1. The minimum atomic E-state index is -1.60. The number of ether oxygens (including phenoxy) is 2. The van der Waals surface area contributed by atoms with Crippen molar-refractivity contribution in [2.24, 2.45) is 0 Å². The molecule has 49 heavy (non-hydrogen) atoms. The molecule has 1 aliphatic rings. The second-order valence-electron chi connectivity index (χ2n) is 14.6. The molecule has 10 nitrogen and oxygen atoms in total. The fraction of sp³-hybridized carbons (Fsp3) is 0.974. The van der Waals surface area contributed by atoms with E-state index >= 15 is 0 Å². The predicted molar refractivity (Wildman–Crippen MR) is 195 cm³/mol. The molecule has 0 saturated carbocycles. The van der Waals surface area contributed by atoms with Crippen LogP contribution in [-0.4, -0.2) is 98.7 Å². The number of unbranched alkanes of at least 4 members (excludes halogenated alkanes) is 22. The molecule has 1 amide bonds. The fourth-order valence-electron chi connectivity index (χ4n) is 6.67. The van der Waals surface area contributed by atoms with E-state index in [4.69, 9.17) is 9.47 Å². The molecule has 10 heteroatoms. The molecule has 0 bridgehead atoms. The molecule has 0 aromatic heterocycles. The highest BCUT2D eigenvalue weighted by molar-refractivity contribution is 5.76. The lowest BCUT2D eigenvalue weighted by atomic mass is 9.98. The molecular weight excluding hydrogens is 626 g/mol. The molecular formula is C39H77NO9. The van der Waals surface area contributed by atoms with E-state index in [1.54, 1.807) is 0 Å². The molecule has 0 aromatic carbocycles. The second-order valence-corrected chi connectivity index (χ2v) is 14.6. The van der Waals surface area contributed by atoms with Crippen LogP contribution in [0.4, 0.5) is 0 Å². The van der Waals surface area contributed by atoms with Crippen LogP contribution in [-0.2, 0) is 14.3 Å². The molecule has 7 N–H and O–H groups in total. The molecule has 1 heterocycles. The van der Waals surface area contributed by atoms with Crippen LogP contribution in [0.15, 0.2) is 0 Å². The summed E-state index contributed by atoms with van der Waals surface area (Å²) in [4.78, 5) is 12.9. The van der Waals surface area contributed by atoms with Crippen molar-refractivity contribution in [2.75, 3.05) is 13.2 Å². The van der Waals surface area contributed by atoms with Crippen LogP contribution in [0, 0.1) is 0 Å². The highest BCUT2D eigenvalue weighted by Gasteiger charge is 2.44. The SMILES string of the molecule is CCCCCCCCCCCCCCCCCCC(=O)N[C@@H](CO[C@@H]1O[C@H](CO)[C@H](O)C(O)C1O)[C@H](O)[C@H](O)CCCCCCCCCC. The maximum absolute atomic E-state index is 12.9. The molecule has 0 radical (unpaired) electrons. The first-order chi connectivity index (χ1) is 23.8. The van der Waals surface area contributed by atoms with Crippen molar-refractivity contribution in [1.82, 2.24) is 5.32 Å². The number of hydrogen-bond donors (Lipinski definition) is 7. The van der Waals surface area contributed by atoms with E-state index in [0.29, 0.717) is 6.42 Å². The van der Waals surface area contributed by atoms with E-state index in [0.717, 1.165) is 51.4 Å². The molecule has 292 valence electrons. The van der Waals surface area contributed by atoms with Gasteiger partial charge < -0.3 is 45.4 Å². The first kappa shape index (κ1) is 46.2. The van der Waals surface area contributed by atoms with E-state index in [9.17, 15) is 35.4 Å². The maximum atomic E-state index is 12.9. The first-order valence-electron chi connectivity index (χ1n) is 20.3. The normalized spacial score (nSPS) is 23.0.